The molecule has 1 fully saturated rings. The Balaban J connectivity index is 1.13. The average Bonchev–Trinajstić information content (AvgIpc) is 3.78. The third-order valence-electron chi connectivity index (χ3n) is 9.78. The molecule has 0 spiro atoms. The SMILES string of the molecule is CCCCc1nc2ccc([C@]3(C)C[C@@H]4c5ccccc5CCN4O3)cc2c(=O)n1Cc1ccc(-c2ccccc2-c2nn[nH]n2)cc1. The molecule has 47 heavy (non-hydrogen) atoms. The van der Waals surface area contributed by atoms with Gasteiger partial charge in [0.2, 0.25) is 5.82 Å². The van der Waals surface area contributed by atoms with E-state index in [4.69, 9.17) is 9.82 Å². The number of nitrogens with zero attached hydrogens (tertiary/aromatic N) is 6. The van der Waals surface area contributed by atoms with Gasteiger partial charge in [-0.05, 0) is 70.5 Å². The number of unbranched alkanes of at least 4 members (excludes halogenated alkanes) is 1. The van der Waals surface area contributed by atoms with E-state index in [0.29, 0.717) is 17.8 Å². The molecular weight excluding hydrogens is 586 g/mol. The Labute approximate surface area is 273 Å². The van der Waals surface area contributed by atoms with Crippen molar-refractivity contribution in [2.45, 2.75) is 64.1 Å². The van der Waals surface area contributed by atoms with E-state index in [2.05, 4.69) is 100 Å². The number of nitrogens with one attached hydrogen (secondary N) is 1. The van der Waals surface area contributed by atoms with Gasteiger partial charge in [-0.15, -0.1) is 10.2 Å². The standard InChI is InChI=1S/C38H37N7O2/c1-3-4-13-35-39-33-19-18-28(38(2)23-34-30-11-6-5-9-26(30)20-21-45(34)47-38)22-32(33)37(46)44(35)24-25-14-16-27(17-15-25)29-10-7-8-12-31(29)36-40-42-43-41-36/h5-12,14-19,22,34H,3-4,13,20-21,23-24H2,1-2H3,(H,40,41,42,43)/t34-,38+/m1/s1. The number of tetrazole rings is 1. The summed E-state index contributed by atoms with van der Waals surface area (Å²) >= 11 is 0. The van der Waals surface area contributed by atoms with Crippen molar-refractivity contribution in [2.75, 3.05) is 6.54 Å². The van der Waals surface area contributed by atoms with Crippen molar-refractivity contribution in [3.63, 3.8) is 0 Å². The minimum absolute atomic E-state index is 0.0147. The summed E-state index contributed by atoms with van der Waals surface area (Å²) in [6.45, 7) is 5.62. The molecule has 0 bridgehead atoms. The summed E-state index contributed by atoms with van der Waals surface area (Å²) < 4.78 is 1.86. The van der Waals surface area contributed by atoms with Crippen molar-refractivity contribution >= 4 is 10.9 Å². The van der Waals surface area contributed by atoms with Gasteiger partial charge in [0.25, 0.3) is 5.56 Å². The monoisotopic (exact) mass is 623 g/mol. The fraction of sp³-hybridized carbons (Fsp3) is 0.289. The number of hydrogen-bond donors (Lipinski definition) is 1. The summed E-state index contributed by atoms with van der Waals surface area (Å²) in [5.74, 6) is 1.37. The second kappa shape index (κ2) is 12.0. The van der Waals surface area contributed by atoms with E-state index in [1.165, 1.54) is 11.1 Å². The molecule has 9 heteroatoms. The maximum Gasteiger partial charge on any atom is 0.261 e. The van der Waals surface area contributed by atoms with Crippen molar-refractivity contribution in [2.24, 2.45) is 0 Å². The summed E-state index contributed by atoms with van der Waals surface area (Å²) in [6.07, 6.45) is 4.54. The predicted octanol–water partition coefficient (Wildman–Crippen LogP) is 6.78. The van der Waals surface area contributed by atoms with E-state index < -0.39 is 5.60 Å². The van der Waals surface area contributed by atoms with Gasteiger partial charge in [-0.3, -0.25) is 14.2 Å². The van der Waals surface area contributed by atoms with Crippen molar-refractivity contribution in [1.29, 1.82) is 0 Å². The molecule has 0 amide bonds. The quantitative estimate of drug-likeness (QED) is 0.199. The van der Waals surface area contributed by atoms with E-state index in [1.54, 1.807) is 0 Å². The van der Waals surface area contributed by atoms with Crippen LogP contribution in [-0.4, -0.2) is 41.8 Å². The first-order valence-corrected chi connectivity index (χ1v) is 16.5. The van der Waals surface area contributed by atoms with Crippen LogP contribution in [0.15, 0.2) is 95.8 Å². The Bertz CT molecular complexity index is 2120. The van der Waals surface area contributed by atoms with Crippen molar-refractivity contribution in [3.8, 4) is 22.5 Å². The Kier molecular flexibility index (Phi) is 7.50. The fourth-order valence-corrected chi connectivity index (χ4v) is 7.25. The number of H-pyrrole nitrogens is 1. The van der Waals surface area contributed by atoms with Gasteiger partial charge >= 0.3 is 0 Å². The highest BCUT2D eigenvalue weighted by Gasteiger charge is 2.46. The van der Waals surface area contributed by atoms with Gasteiger partial charge in [0, 0.05) is 24.9 Å². The van der Waals surface area contributed by atoms with E-state index in [1.807, 2.05) is 34.9 Å². The Hall–Kier alpha value is -4.99. The number of fused-ring (bicyclic) bond motifs is 4. The molecule has 0 saturated carbocycles. The normalized spacial score (nSPS) is 19.1. The number of hydrogen-bond acceptors (Lipinski definition) is 7. The van der Waals surface area contributed by atoms with E-state index in [0.717, 1.165) is 77.8 Å². The topological polar surface area (TPSA) is 102 Å². The van der Waals surface area contributed by atoms with Crippen LogP contribution in [0.2, 0.25) is 0 Å². The second-order valence-electron chi connectivity index (χ2n) is 12.9. The summed E-state index contributed by atoms with van der Waals surface area (Å²) in [5, 5.41) is 17.4. The zero-order valence-electron chi connectivity index (χ0n) is 26.7. The van der Waals surface area contributed by atoms with Crippen LogP contribution in [0.25, 0.3) is 33.4 Å². The number of rotatable bonds is 8. The molecule has 0 aliphatic carbocycles. The van der Waals surface area contributed by atoms with Crippen LogP contribution in [0.3, 0.4) is 0 Å². The molecule has 2 aromatic heterocycles. The van der Waals surface area contributed by atoms with Crippen LogP contribution >= 0.6 is 0 Å². The molecule has 0 radical (unpaired) electrons. The van der Waals surface area contributed by atoms with Gasteiger partial charge < -0.3 is 0 Å². The molecule has 9 nitrogen and oxygen atoms in total. The highest BCUT2D eigenvalue weighted by atomic mass is 16.7. The highest BCUT2D eigenvalue weighted by Crippen LogP contribution is 2.48. The molecule has 2 aliphatic heterocycles. The van der Waals surface area contributed by atoms with Crippen molar-refractivity contribution in [1.82, 2.24) is 35.2 Å². The van der Waals surface area contributed by atoms with Gasteiger partial charge in [-0.25, -0.2) is 4.98 Å². The van der Waals surface area contributed by atoms with Gasteiger partial charge in [0.1, 0.15) is 11.4 Å². The molecule has 4 heterocycles. The molecule has 6 aromatic rings. The Morgan fingerprint density at radius 3 is 2.60 bits per heavy atom. The molecule has 8 rings (SSSR count). The summed E-state index contributed by atoms with van der Waals surface area (Å²) in [5.41, 5.74) is 7.93. The molecule has 4 aromatic carbocycles. The van der Waals surface area contributed by atoms with Gasteiger partial charge in [-0.2, -0.15) is 10.3 Å². The lowest BCUT2D eigenvalue weighted by Gasteiger charge is -2.30. The third kappa shape index (κ3) is 5.35. The fourth-order valence-electron chi connectivity index (χ4n) is 7.25. The van der Waals surface area contributed by atoms with Crippen molar-refractivity contribution < 1.29 is 4.84 Å². The highest BCUT2D eigenvalue weighted by molar-refractivity contribution is 5.80. The molecule has 0 unspecified atom stereocenters. The van der Waals surface area contributed by atoms with Crippen LogP contribution < -0.4 is 5.56 Å². The molecule has 2 aliphatic rings. The molecule has 236 valence electrons. The third-order valence-corrected chi connectivity index (χ3v) is 9.78. The number of benzene rings is 4. The number of hydroxylamine groups is 2. The summed E-state index contributed by atoms with van der Waals surface area (Å²) in [7, 11) is 0. The van der Waals surface area contributed by atoms with Gasteiger partial charge in [0.05, 0.1) is 23.5 Å². The zero-order valence-corrected chi connectivity index (χ0v) is 26.7. The Morgan fingerprint density at radius 1 is 0.979 bits per heavy atom. The largest absolute Gasteiger partial charge is 0.292 e. The lowest BCUT2D eigenvalue weighted by Crippen LogP contribution is -2.31. The minimum Gasteiger partial charge on any atom is -0.292 e. The molecule has 1 N–H and O–H groups in total. The van der Waals surface area contributed by atoms with Crippen molar-refractivity contribution in [3.05, 3.63) is 129 Å². The molecule has 2 atom stereocenters. The minimum atomic E-state index is -0.540. The maximum atomic E-state index is 14.3. The Morgan fingerprint density at radius 2 is 1.79 bits per heavy atom. The number of aryl methyl sites for hydroxylation is 1. The second-order valence-corrected chi connectivity index (χ2v) is 12.9. The summed E-state index contributed by atoms with van der Waals surface area (Å²) in [4.78, 5) is 26.0. The van der Waals surface area contributed by atoms with Gasteiger partial charge in [0.15, 0.2) is 0 Å². The van der Waals surface area contributed by atoms with E-state index >= 15 is 0 Å². The molecule has 1 saturated heterocycles. The lowest BCUT2D eigenvalue weighted by molar-refractivity contribution is -0.206. The summed E-state index contributed by atoms with van der Waals surface area (Å²) in [6, 6.07) is 31.4. The van der Waals surface area contributed by atoms with E-state index in [9.17, 15) is 4.79 Å². The number of aromatic amines is 1. The van der Waals surface area contributed by atoms with Crippen LogP contribution in [0.1, 0.15) is 67.2 Å². The van der Waals surface area contributed by atoms with Gasteiger partial charge in [-0.1, -0.05) is 92.2 Å². The van der Waals surface area contributed by atoms with E-state index in [-0.39, 0.29) is 11.6 Å². The number of aromatic nitrogens is 6. The predicted molar refractivity (Wildman–Crippen MR) is 181 cm³/mol. The smallest absolute Gasteiger partial charge is 0.261 e. The van der Waals surface area contributed by atoms with Crippen LogP contribution in [0, 0.1) is 0 Å². The van der Waals surface area contributed by atoms with Crippen LogP contribution in [0.4, 0.5) is 0 Å². The zero-order chi connectivity index (χ0) is 32.0. The first-order valence-electron chi connectivity index (χ1n) is 16.5. The molecular formula is C38H37N7O2. The first kappa shape index (κ1) is 29.4. The van der Waals surface area contributed by atoms with Crippen LogP contribution in [0.5, 0.6) is 0 Å². The first-order chi connectivity index (χ1) is 23.0. The lowest BCUT2D eigenvalue weighted by atomic mass is 9.84. The maximum absolute atomic E-state index is 14.3. The van der Waals surface area contributed by atoms with Crippen LogP contribution in [-0.2, 0) is 29.8 Å². The average molecular weight is 624 g/mol.